The largest absolute Gasteiger partial charge is 0.367 e. The Morgan fingerprint density at radius 3 is 2.04 bits per heavy atom. The molecule has 2 aromatic rings. The summed E-state index contributed by atoms with van der Waals surface area (Å²) >= 11 is 0. The molecule has 23 heavy (non-hydrogen) atoms. The number of epoxide rings is 1. The summed E-state index contributed by atoms with van der Waals surface area (Å²) in [6.07, 6.45) is 1.33. The Labute approximate surface area is 135 Å². The van der Waals surface area contributed by atoms with Crippen LogP contribution in [0.5, 0.6) is 0 Å². The number of hydrogen-bond donors (Lipinski definition) is 1. The van der Waals surface area contributed by atoms with E-state index in [0.29, 0.717) is 19.4 Å². The van der Waals surface area contributed by atoms with Crippen LogP contribution in [0.3, 0.4) is 0 Å². The van der Waals surface area contributed by atoms with Gasteiger partial charge in [0.15, 0.2) is 0 Å². The van der Waals surface area contributed by atoms with Gasteiger partial charge in [0, 0.05) is 11.0 Å². The molecule has 0 aromatic heterocycles. The lowest BCUT2D eigenvalue weighted by Crippen LogP contribution is -2.48. The van der Waals surface area contributed by atoms with Crippen molar-refractivity contribution < 1.29 is 4.74 Å². The molecule has 1 heterocycles. The average Bonchev–Trinajstić information content (AvgIpc) is 3.38. The molecular formula is C18H20N4O. The molecule has 1 aliphatic heterocycles. The molecule has 3 rings (SSSR count). The molecule has 0 spiro atoms. The van der Waals surface area contributed by atoms with Gasteiger partial charge in [0.2, 0.25) is 0 Å². The molecular weight excluding hydrogens is 288 g/mol. The number of nitrogens with two attached hydrogens (primary N) is 1. The van der Waals surface area contributed by atoms with Gasteiger partial charge in [0.05, 0.1) is 12.6 Å². The maximum absolute atomic E-state index is 8.94. The van der Waals surface area contributed by atoms with Gasteiger partial charge in [-0.1, -0.05) is 65.8 Å². The van der Waals surface area contributed by atoms with Gasteiger partial charge in [0.25, 0.3) is 0 Å². The third-order valence-electron chi connectivity index (χ3n) is 4.43. The van der Waals surface area contributed by atoms with Crippen molar-refractivity contribution in [1.82, 2.24) is 0 Å². The highest BCUT2D eigenvalue weighted by atomic mass is 16.6. The van der Waals surface area contributed by atoms with Gasteiger partial charge in [-0.3, -0.25) is 0 Å². The first-order valence-electron chi connectivity index (χ1n) is 7.76. The molecule has 1 aliphatic rings. The second kappa shape index (κ2) is 6.84. The predicted octanol–water partition coefficient (Wildman–Crippen LogP) is 3.25. The highest BCUT2D eigenvalue weighted by Crippen LogP contribution is 2.38. The lowest BCUT2D eigenvalue weighted by Gasteiger charge is -2.26. The molecule has 1 fully saturated rings. The highest BCUT2D eigenvalue weighted by Gasteiger charge is 2.55. The SMILES string of the molecule is [N-]=[N+]=NC(Cc1ccccc1)C1(C(N)Cc2ccccc2)CO1. The zero-order valence-electron chi connectivity index (χ0n) is 12.9. The van der Waals surface area contributed by atoms with Crippen molar-refractivity contribution in [2.45, 2.75) is 30.5 Å². The summed E-state index contributed by atoms with van der Waals surface area (Å²) in [6.45, 7) is 0.539. The van der Waals surface area contributed by atoms with E-state index in [1.54, 1.807) is 0 Å². The van der Waals surface area contributed by atoms with Crippen LogP contribution in [0, 0.1) is 0 Å². The average molecular weight is 308 g/mol. The molecule has 0 amide bonds. The Morgan fingerprint density at radius 1 is 1.04 bits per heavy atom. The lowest BCUT2D eigenvalue weighted by atomic mass is 9.85. The first-order chi connectivity index (χ1) is 11.2. The number of rotatable bonds is 7. The van der Waals surface area contributed by atoms with Crippen LogP contribution in [-0.2, 0) is 17.6 Å². The van der Waals surface area contributed by atoms with Crippen molar-refractivity contribution in [3.8, 4) is 0 Å². The van der Waals surface area contributed by atoms with Crippen LogP contribution < -0.4 is 5.73 Å². The quantitative estimate of drug-likeness (QED) is 0.368. The Kier molecular flexibility index (Phi) is 4.63. The fourth-order valence-electron chi connectivity index (χ4n) is 2.99. The lowest BCUT2D eigenvalue weighted by molar-refractivity contribution is 0.222. The summed E-state index contributed by atoms with van der Waals surface area (Å²) in [5.74, 6) is 0. The number of ether oxygens (including phenoxy) is 1. The van der Waals surface area contributed by atoms with E-state index in [4.69, 9.17) is 16.0 Å². The smallest absolute Gasteiger partial charge is 0.116 e. The van der Waals surface area contributed by atoms with E-state index >= 15 is 0 Å². The van der Waals surface area contributed by atoms with E-state index in [-0.39, 0.29) is 12.1 Å². The van der Waals surface area contributed by atoms with Crippen LogP contribution in [0.4, 0.5) is 0 Å². The molecule has 0 saturated carbocycles. The molecule has 118 valence electrons. The first-order valence-corrected chi connectivity index (χ1v) is 7.76. The topological polar surface area (TPSA) is 87.3 Å². The van der Waals surface area contributed by atoms with Crippen LogP contribution in [0.25, 0.3) is 10.4 Å². The molecule has 5 nitrogen and oxygen atoms in total. The van der Waals surface area contributed by atoms with E-state index in [1.807, 2.05) is 48.5 Å². The van der Waals surface area contributed by atoms with Crippen LogP contribution in [0.15, 0.2) is 65.8 Å². The third-order valence-corrected chi connectivity index (χ3v) is 4.43. The number of azide groups is 1. The minimum Gasteiger partial charge on any atom is -0.367 e. The second-order valence-electron chi connectivity index (χ2n) is 5.95. The molecule has 2 aromatic carbocycles. The summed E-state index contributed by atoms with van der Waals surface area (Å²) in [5.41, 5.74) is 17.1. The van der Waals surface area contributed by atoms with E-state index in [0.717, 1.165) is 11.1 Å². The molecule has 5 heteroatoms. The van der Waals surface area contributed by atoms with E-state index in [2.05, 4.69) is 22.2 Å². The van der Waals surface area contributed by atoms with Gasteiger partial charge in [0.1, 0.15) is 5.60 Å². The van der Waals surface area contributed by atoms with Gasteiger partial charge in [-0.2, -0.15) is 0 Å². The minimum atomic E-state index is -0.558. The Balaban J connectivity index is 1.76. The van der Waals surface area contributed by atoms with Crippen molar-refractivity contribution >= 4 is 0 Å². The summed E-state index contributed by atoms with van der Waals surface area (Å²) in [7, 11) is 0. The zero-order valence-corrected chi connectivity index (χ0v) is 12.9. The summed E-state index contributed by atoms with van der Waals surface area (Å²) < 4.78 is 5.73. The van der Waals surface area contributed by atoms with E-state index in [9.17, 15) is 0 Å². The molecule has 3 atom stereocenters. The summed E-state index contributed by atoms with van der Waals surface area (Å²) in [6, 6.07) is 19.6. The second-order valence-corrected chi connectivity index (χ2v) is 5.95. The standard InChI is InChI=1S/C18H20N4O/c19-16(11-14-7-3-1-4-8-14)18(13-23-18)17(21-22-20)12-15-9-5-2-6-10-15/h1-10,16-17H,11-13,19H2. The van der Waals surface area contributed by atoms with Crippen molar-refractivity contribution in [1.29, 1.82) is 0 Å². The Bertz CT molecular complexity index is 679. The van der Waals surface area contributed by atoms with E-state index < -0.39 is 5.60 Å². The van der Waals surface area contributed by atoms with Gasteiger partial charge in [-0.15, -0.1) is 0 Å². The predicted molar refractivity (Wildman–Crippen MR) is 89.9 cm³/mol. The van der Waals surface area contributed by atoms with Crippen molar-refractivity contribution in [2.75, 3.05) is 6.61 Å². The van der Waals surface area contributed by atoms with Crippen LogP contribution in [0.1, 0.15) is 11.1 Å². The first kappa shape index (κ1) is 15.6. The third kappa shape index (κ3) is 3.54. The molecule has 0 bridgehead atoms. The number of hydrogen-bond acceptors (Lipinski definition) is 3. The van der Waals surface area contributed by atoms with Crippen LogP contribution >= 0.6 is 0 Å². The highest BCUT2D eigenvalue weighted by molar-refractivity contribution is 5.23. The van der Waals surface area contributed by atoms with Gasteiger partial charge >= 0.3 is 0 Å². The van der Waals surface area contributed by atoms with Crippen LogP contribution in [-0.4, -0.2) is 24.3 Å². The fourth-order valence-corrected chi connectivity index (χ4v) is 2.99. The maximum Gasteiger partial charge on any atom is 0.116 e. The Hall–Kier alpha value is -2.33. The Morgan fingerprint density at radius 2 is 1.57 bits per heavy atom. The fraction of sp³-hybridized carbons (Fsp3) is 0.333. The van der Waals surface area contributed by atoms with Crippen molar-refractivity contribution in [3.05, 3.63) is 82.2 Å². The number of nitrogens with zero attached hydrogens (tertiary/aromatic N) is 3. The van der Waals surface area contributed by atoms with Crippen molar-refractivity contribution in [2.24, 2.45) is 10.8 Å². The molecule has 0 aliphatic carbocycles. The van der Waals surface area contributed by atoms with E-state index in [1.165, 1.54) is 0 Å². The normalized spacial score (nSPS) is 22.0. The van der Waals surface area contributed by atoms with Crippen LogP contribution in [0.2, 0.25) is 0 Å². The molecule has 1 saturated heterocycles. The molecule has 0 radical (unpaired) electrons. The van der Waals surface area contributed by atoms with Crippen molar-refractivity contribution in [3.63, 3.8) is 0 Å². The summed E-state index contributed by atoms with van der Waals surface area (Å²) in [4.78, 5) is 3.02. The molecule has 3 unspecified atom stereocenters. The monoisotopic (exact) mass is 308 g/mol. The van der Waals surface area contributed by atoms with Gasteiger partial charge < -0.3 is 10.5 Å². The number of benzene rings is 2. The summed E-state index contributed by atoms with van der Waals surface area (Å²) in [5, 5.41) is 3.99. The zero-order chi connectivity index (χ0) is 16.1. The van der Waals surface area contributed by atoms with Gasteiger partial charge in [-0.25, -0.2) is 0 Å². The maximum atomic E-state index is 8.94. The minimum absolute atomic E-state index is 0.205. The molecule has 2 N–H and O–H groups in total. The van der Waals surface area contributed by atoms with Gasteiger partial charge in [-0.05, 0) is 29.5 Å².